The van der Waals surface area contributed by atoms with Crippen molar-refractivity contribution in [1.82, 2.24) is 5.32 Å². The first-order valence-corrected chi connectivity index (χ1v) is 9.21. The summed E-state index contributed by atoms with van der Waals surface area (Å²) in [7, 11) is 0. The number of carbonyl (C=O) groups is 2. The van der Waals surface area contributed by atoms with E-state index in [0.717, 1.165) is 43.6 Å². The first-order valence-electron chi connectivity index (χ1n) is 9.21. The second kappa shape index (κ2) is 9.04. The van der Waals surface area contributed by atoms with Crippen LogP contribution in [0.3, 0.4) is 0 Å². The number of piperidine rings is 1. The van der Waals surface area contributed by atoms with Crippen LogP contribution in [0, 0.1) is 0 Å². The molecule has 5 heteroatoms. The fourth-order valence-corrected chi connectivity index (χ4v) is 3.12. The Kier molecular flexibility index (Phi) is 6.25. The highest BCUT2D eigenvalue weighted by atomic mass is 16.2. The zero-order valence-electron chi connectivity index (χ0n) is 14.9. The van der Waals surface area contributed by atoms with E-state index in [2.05, 4.69) is 22.8 Å². The lowest BCUT2D eigenvalue weighted by molar-refractivity contribution is -0.119. The highest BCUT2D eigenvalue weighted by molar-refractivity contribution is 5.94. The first kappa shape index (κ1) is 18.0. The molecule has 1 aliphatic heterocycles. The van der Waals surface area contributed by atoms with Crippen LogP contribution in [0.15, 0.2) is 54.6 Å². The molecule has 1 heterocycles. The van der Waals surface area contributed by atoms with E-state index in [0.29, 0.717) is 13.0 Å². The van der Waals surface area contributed by atoms with E-state index >= 15 is 0 Å². The molecule has 1 saturated heterocycles. The molecule has 2 N–H and O–H groups in total. The number of nitrogens with zero attached hydrogens (tertiary/aromatic N) is 1. The second-order valence-electron chi connectivity index (χ2n) is 6.52. The molecule has 1 aliphatic rings. The lowest BCUT2D eigenvalue weighted by Gasteiger charge is -2.26. The van der Waals surface area contributed by atoms with Crippen LogP contribution >= 0.6 is 0 Å². The van der Waals surface area contributed by atoms with Crippen molar-refractivity contribution in [1.29, 1.82) is 0 Å². The van der Waals surface area contributed by atoms with Crippen molar-refractivity contribution in [3.63, 3.8) is 0 Å². The molecule has 26 heavy (non-hydrogen) atoms. The molecule has 3 amide bonds. The summed E-state index contributed by atoms with van der Waals surface area (Å²) in [6.07, 6.45) is 4.47. The second-order valence-corrected chi connectivity index (χ2v) is 6.52. The molecule has 0 aromatic heterocycles. The van der Waals surface area contributed by atoms with Gasteiger partial charge in [-0.2, -0.15) is 0 Å². The Labute approximate surface area is 154 Å². The van der Waals surface area contributed by atoms with Crippen LogP contribution in [0.4, 0.5) is 16.2 Å². The lowest BCUT2D eigenvalue weighted by atomic mass is 10.1. The summed E-state index contributed by atoms with van der Waals surface area (Å²) in [6, 6.07) is 17.5. The molecule has 0 aliphatic carbocycles. The largest absolute Gasteiger partial charge is 0.338 e. The van der Waals surface area contributed by atoms with Gasteiger partial charge in [0.15, 0.2) is 0 Å². The topological polar surface area (TPSA) is 61.4 Å². The van der Waals surface area contributed by atoms with Gasteiger partial charge in [0, 0.05) is 30.9 Å². The average molecular weight is 351 g/mol. The van der Waals surface area contributed by atoms with Gasteiger partial charge in [-0.15, -0.1) is 0 Å². The average Bonchev–Trinajstić information content (AvgIpc) is 2.67. The Balaban J connectivity index is 1.42. The highest BCUT2D eigenvalue weighted by Gasteiger charge is 2.19. The van der Waals surface area contributed by atoms with Gasteiger partial charge in [-0.3, -0.25) is 4.79 Å². The molecular formula is C21H25N3O2. The molecule has 0 atom stereocenters. The van der Waals surface area contributed by atoms with Crippen LogP contribution in [0.2, 0.25) is 0 Å². The van der Waals surface area contributed by atoms with Crippen LogP contribution < -0.4 is 15.5 Å². The fourth-order valence-electron chi connectivity index (χ4n) is 3.12. The van der Waals surface area contributed by atoms with Crippen molar-refractivity contribution in [2.24, 2.45) is 0 Å². The highest BCUT2D eigenvalue weighted by Crippen LogP contribution is 2.22. The summed E-state index contributed by atoms with van der Waals surface area (Å²) in [4.78, 5) is 25.7. The van der Waals surface area contributed by atoms with E-state index in [-0.39, 0.29) is 11.9 Å². The standard InChI is InChI=1S/C21H25N3O2/c25-20-10-4-5-16-24(20)19-13-11-18(12-14-19)23-21(26)22-15-6-9-17-7-2-1-3-8-17/h1-3,7-8,11-14H,4-6,9-10,15-16H2,(H2,22,23,26). The van der Waals surface area contributed by atoms with Crippen molar-refractivity contribution in [3.05, 3.63) is 60.2 Å². The summed E-state index contributed by atoms with van der Waals surface area (Å²) in [5, 5.41) is 5.70. The number of rotatable bonds is 6. The Morgan fingerprint density at radius 1 is 1.00 bits per heavy atom. The van der Waals surface area contributed by atoms with Gasteiger partial charge in [-0.1, -0.05) is 30.3 Å². The van der Waals surface area contributed by atoms with Crippen molar-refractivity contribution in [3.8, 4) is 0 Å². The van der Waals surface area contributed by atoms with Gasteiger partial charge < -0.3 is 15.5 Å². The molecule has 136 valence electrons. The number of hydrogen-bond acceptors (Lipinski definition) is 2. The van der Waals surface area contributed by atoms with Crippen LogP contribution in [-0.2, 0) is 11.2 Å². The maximum absolute atomic E-state index is 12.0. The van der Waals surface area contributed by atoms with Crippen LogP contribution in [-0.4, -0.2) is 25.0 Å². The van der Waals surface area contributed by atoms with Crippen LogP contribution in [0.1, 0.15) is 31.2 Å². The van der Waals surface area contributed by atoms with E-state index in [1.54, 1.807) is 0 Å². The number of aryl methyl sites for hydroxylation is 1. The minimum Gasteiger partial charge on any atom is -0.338 e. The predicted octanol–water partition coefficient (Wildman–Crippen LogP) is 3.96. The third-order valence-electron chi connectivity index (χ3n) is 4.53. The van der Waals surface area contributed by atoms with Crippen molar-refractivity contribution < 1.29 is 9.59 Å². The van der Waals surface area contributed by atoms with Gasteiger partial charge in [0.25, 0.3) is 0 Å². The Morgan fingerprint density at radius 3 is 2.50 bits per heavy atom. The van der Waals surface area contributed by atoms with Gasteiger partial charge in [0.05, 0.1) is 0 Å². The number of carbonyl (C=O) groups excluding carboxylic acids is 2. The van der Waals surface area contributed by atoms with Crippen LogP contribution in [0.5, 0.6) is 0 Å². The minimum absolute atomic E-state index is 0.174. The van der Waals surface area contributed by atoms with E-state index in [1.807, 2.05) is 47.4 Å². The van der Waals surface area contributed by atoms with Gasteiger partial charge in [-0.05, 0) is 55.5 Å². The number of nitrogens with one attached hydrogen (secondary N) is 2. The van der Waals surface area contributed by atoms with Crippen molar-refractivity contribution in [2.75, 3.05) is 23.3 Å². The number of amides is 3. The zero-order valence-corrected chi connectivity index (χ0v) is 14.9. The monoisotopic (exact) mass is 351 g/mol. The molecule has 0 unspecified atom stereocenters. The Bertz CT molecular complexity index is 729. The fraction of sp³-hybridized carbons (Fsp3) is 0.333. The normalized spacial score (nSPS) is 14.2. The molecule has 0 bridgehead atoms. The summed E-state index contributed by atoms with van der Waals surface area (Å²) < 4.78 is 0. The molecule has 3 rings (SSSR count). The van der Waals surface area contributed by atoms with E-state index in [9.17, 15) is 9.59 Å². The number of benzene rings is 2. The van der Waals surface area contributed by atoms with E-state index < -0.39 is 0 Å². The van der Waals surface area contributed by atoms with Gasteiger partial charge >= 0.3 is 6.03 Å². The smallest absolute Gasteiger partial charge is 0.319 e. The third kappa shape index (κ3) is 5.09. The zero-order chi connectivity index (χ0) is 18.2. The van der Waals surface area contributed by atoms with Gasteiger partial charge in [0.1, 0.15) is 0 Å². The van der Waals surface area contributed by atoms with Gasteiger partial charge in [-0.25, -0.2) is 4.79 Å². The molecule has 2 aromatic carbocycles. The Hall–Kier alpha value is -2.82. The molecule has 1 fully saturated rings. The van der Waals surface area contributed by atoms with E-state index in [4.69, 9.17) is 0 Å². The molecular weight excluding hydrogens is 326 g/mol. The Morgan fingerprint density at radius 2 is 1.77 bits per heavy atom. The maximum Gasteiger partial charge on any atom is 0.319 e. The molecule has 5 nitrogen and oxygen atoms in total. The minimum atomic E-state index is -0.208. The molecule has 0 saturated carbocycles. The summed E-state index contributed by atoms with van der Waals surface area (Å²) in [6.45, 7) is 1.40. The van der Waals surface area contributed by atoms with Crippen molar-refractivity contribution in [2.45, 2.75) is 32.1 Å². The molecule has 0 radical (unpaired) electrons. The maximum atomic E-state index is 12.0. The lowest BCUT2D eigenvalue weighted by Crippen LogP contribution is -2.35. The molecule has 0 spiro atoms. The van der Waals surface area contributed by atoms with Gasteiger partial charge in [0.2, 0.25) is 5.91 Å². The van der Waals surface area contributed by atoms with E-state index in [1.165, 1.54) is 5.56 Å². The van der Waals surface area contributed by atoms with Crippen molar-refractivity contribution >= 4 is 23.3 Å². The summed E-state index contributed by atoms with van der Waals surface area (Å²) in [5.74, 6) is 0.174. The molecule has 2 aromatic rings. The number of anilines is 2. The predicted molar refractivity (Wildman–Crippen MR) is 104 cm³/mol. The summed E-state index contributed by atoms with van der Waals surface area (Å²) in [5.41, 5.74) is 2.89. The first-order chi connectivity index (χ1) is 12.7. The number of urea groups is 1. The van der Waals surface area contributed by atoms with Crippen LogP contribution in [0.25, 0.3) is 0 Å². The number of hydrogen-bond donors (Lipinski definition) is 2. The summed E-state index contributed by atoms with van der Waals surface area (Å²) >= 11 is 0. The third-order valence-corrected chi connectivity index (χ3v) is 4.53. The quantitative estimate of drug-likeness (QED) is 0.774. The SMILES string of the molecule is O=C(NCCCc1ccccc1)Nc1ccc(N2CCCCC2=O)cc1.